The van der Waals surface area contributed by atoms with Crippen LogP contribution in [0.1, 0.15) is 29.9 Å². The first-order valence-electron chi connectivity index (χ1n) is 12.2. The smallest absolute Gasteiger partial charge is 0.268 e. The van der Waals surface area contributed by atoms with E-state index < -0.39 is 5.79 Å². The number of rotatable bonds is 4. The molecular weight excluding hydrogens is 497 g/mol. The molecule has 37 heavy (non-hydrogen) atoms. The second kappa shape index (κ2) is 9.16. The van der Waals surface area contributed by atoms with Crippen LogP contribution in [0.3, 0.4) is 0 Å². The molecule has 192 valence electrons. The summed E-state index contributed by atoms with van der Waals surface area (Å²) in [5, 5.41) is 6.46. The highest BCUT2D eigenvalue weighted by molar-refractivity contribution is 7.15. The first kappa shape index (κ1) is 24.0. The number of fused-ring (bicyclic) bond motifs is 1. The fraction of sp³-hybridized carbons (Fsp3) is 0.385. The third-order valence-corrected chi connectivity index (χ3v) is 7.93. The van der Waals surface area contributed by atoms with Crippen molar-refractivity contribution >= 4 is 22.2 Å². The van der Waals surface area contributed by atoms with Crippen LogP contribution in [0.15, 0.2) is 40.5 Å². The molecule has 1 amide bonds. The number of hydrogen-bond donors (Lipinski definition) is 0. The summed E-state index contributed by atoms with van der Waals surface area (Å²) < 4.78 is 28.1. The molecule has 6 rings (SSSR count). The van der Waals surface area contributed by atoms with Crippen LogP contribution in [0.2, 0.25) is 0 Å². The van der Waals surface area contributed by atoms with Crippen LogP contribution in [0.4, 0.5) is 4.39 Å². The Hall–Kier alpha value is -3.41. The number of carbonyl (C=O) groups is 1. The summed E-state index contributed by atoms with van der Waals surface area (Å²) in [6.45, 7) is 5.95. The van der Waals surface area contributed by atoms with E-state index in [1.165, 1.54) is 27.9 Å². The molecule has 0 aliphatic carbocycles. The minimum absolute atomic E-state index is 0.0435. The van der Waals surface area contributed by atoms with E-state index >= 15 is 0 Å². The Balaban J connectivity index is 1.30. The number of aromatic nitrogens is 4. The molecule has 2 aliphatic rings. The Kier molecular flexibility index (Phi) is 5.93. The lowest BCUT2D eigenvalue weighted by Crippen LogP contribution is -2.47. The van der Waals surface area contributed by atoms with Crippen molar-refractivity contribution in [3.63, 3.8) is 0 Å². The summed E-state index contributed by atoms with van der Waals surface area (Å²) in [7, 11) is 0. The van der Waals surface area contributed by atoms with Crippen LogP contribution >= 0.6 is 11.3 Å². The second-order valence-corrected chi connectivity index (χ2v) is 10.3. The summed E-state index contributed by atoms with van der Waals surface area (Å²) in [5.41, 5.74) is 3.25. The topological polar surface area (TPSA) is 91.0 Å². The van der Waals surface area contributed by atoms with Crippen LogP contribution in [-0.2, 0) is 20.7 Å². The SMILES string of the molecule is Cc1nc2scc(CC(=O)N3CCC4(CC3)OCCO4)n2c(=O)c1-c1cc(C)n(-c2ccc(F)cc2)n1. The molecule has 1 spiro atoms. The van der Waals surface area contributed by atoms with Gasteiger partial charge in [0, 0.05) is 42.7 Å². The highest BCUT2D eigenvalue weighted by Gasteiger charge is 2.40. The molecule has 2 fully saturated rings. The third kappa shape index (κ3) is 4.26. The average molecular weight is 524 g/mol. The number of benzene rings is 1. The van der Waals surface area contributed by atoms with E-state index in [1.54, 1.807) is 28.6 Å². The summed E-state index contributed by atoms with van der Waals surface area (Å²) in [5.74, 6) is -0.923. The molecule has 9 nitrogen and oxygen atoms in total. The van der Waals surface area contributed by atoms with Crippen LogP contribution in [0.25, 0.3) is 21.9 Å². The quantitative estimate of drug-likeness (QED) is 0.408. The molecule has 0 unspecified atom stereocenters. The summed E-state index contributed by atoms with van der Waals surface area (Å²) >= 11 is 1.34. The third-order valence-electron chi connectivity index (χ3n) is 7.06. The molecule has 0 radical (unpaired) electrons. The molecular formula is C26H26FN5O4S. The monoisotopic (exact) mass is 523 g/mol. The number of ether oxygens (including phenoxy) is 2. The molecule has 3 aromatic heterocycles. The first-order chi connectivity index (χ1) is 17.8. The van der Waals surface area contributed by atoms with Gasteiger partial charge in [-0.1, -0.05) is 0 Å². The fourth-order valence-corrected chi connectivity index (χ4v) is 6.04. The van der Waals surface area contributed by atoms with Crippen molar-refractivity contribution in [3.05, 3.63) is 69.0 Å². The Labute approximate surface area is 216 Å². The van der Waals surface area contributed by atoms with Crippen molar-refractivity contribution in [1.82, 2.24) is 24.1 Å². The highest BCUT2D eigenvalue weighted by Crippen LogP contribution is 2.31. The van der Waals surface area contributed by atoms with Gasteiger partial charge in [-0.05, 0) is 44.2 Å². The molecule has 0 bridgehead atoms. The number of nitrogens with zero attached hydrogens (tertiary/aromatic N) is 5. The van der Waals surface area contributed by atoms with Crippen molar-refractivity contribution in [2.45, 2.75) is 38.9 Å². The van der Waals surface area contributed by atoms with Crippen molar-refractivity contribution in [2.75, 3.05) is 26.3 Å². The van der Waals surface area contributed by atoms with E-state index in [2.05, 4.69) is 10.1 Å². The standard InChI is InChI=1S/C26H26FN5O4S/c1-16-13-21(29-32(16)19-5-3-18(27)4-6-19)23-17(2)28-25-31(24(23)34)20(15-37-25)14-22(33)30-9-7-26(8-10-30)35-11-12-36-26/h3-6,13,15H,7-12,14H2,1-2H3. The zero-order chi connectivity index (χ0) is 25.7. The molecule has 2 aliphatic heterocycles. The van der Waals surface area contributed by atoms with E-state index in [4.69, 9.17) is 9.47 Å². The van der Waals surface area contributed by atoms with Crippen molar-refractivity contribution in [2.24, 2.45) is 0 Å². The number of amides is 1. The minimum Gasteiger partial charge on any atom is -0.347 e. The summed E-state index contributed by atoms with van der Waals surface area (Å²) in [6, 6.07) is 7.82. The predicted octanol–water partition coefficient (Wildman–Crippen LogP) is 3.27. The maximum Gasteiger partial charge on any atom is 0.268 e. The van der Waals surface area contributed by atoms with Crippen molar-refractivity contribution in [3.8, 4) is 16.9 Å². The maximum absolute atomic E-state index is 13.7. The number of piperidine rings is 1. The lowest BCUT2D eigenvalue weighted by Gasteiger charge is -2.37. The predicted molar refractivity (Wildman–Crippen MR) is 135 cm³/mol. The van der Waals surface area contributed by atoms with E-state index in [0.717, 1.165) is 5.69 Å². The first-order valence-corrected chi connectivity index (χ1v) is 13.1. The molecule has 1 aromatic carbocycles. The number of aryl methyl sites for hydroxylation is 2. The number of likely N-dealkylation sites (tertiary alicyclic amines) is 1. The Morgan fingerprint density at radius 3 is 2.54 bits per heavy atom. The van der Waals surface area contributed by atoms with Gasteiger partial charge in [-0.2, -0.15) is 5.10 Å². The molecule has 2 saturated heterocycles. The van der Waals surface area contributed by atoms with E-state index in [1.807, 2.05) is 18.4 Å². The van der Waals surface area contributed by atoms with Gasteiger partial charge in [-0.25, -0.2) is 14.1 Å². The Morgan fingerprint density at radius 2 is 1.84 bits per heavy atom. The summed E-state index contributed by atoms with van der Waals surface area (Å²) in [4.78, 5) is 33.9. The van der Waals surface area contributed by atoms with E-state index in [9.17, 15) is 14.0 Å². The van der Waals surface area contributed by atoms with Crippen LogP contribution in [-0.4, -0.2) is 62.1 Å². The van der Waals surface area contributed by atoms with Gasteiger partial charge in [0.05, 0.1) is 36.6 Å². The summed E-state index contributed by atoms with van der Waals surface area (Å²) in [6.07, 6.45) is 1.38. The van der Waals surface area contributed by atoms with Crippen molar-refractivity contribution < 1.29 is 18.7 Å². The average Bonchev–Trinajstić information content (AvgIpc) is 3.60. The number of hydrogen-bond acceptors (Lipinski definition) is 7. The van der Waals surface area contributed by atoms with Gasteiger partial charge < -0.3 is 14.4 Å². The number of thiazole rings is 1. The van der Waals surface area contributed by atoms with Gasteiger partial charge in [-0.15, -0.1) is 11.3 Å². The zero-order valence-corrected chi connectivity index (χ0v) is 21.4. The zero-order valence-electron chi connectivity index (χ0n) is 20.6. The lowest BCUT2D eigenvalue weighted by atomic mass is 10.0. The fourth-order valence-electron chi connectivity index (χ4n) is 5.11. The van der Waals surface area contributed by atoms with E-state index in [0.29, 0.717) is 72.4 Å². The number of carbonyl (C=O) groups excluding carboxylic acids is 1. The Bertz CT molecular complexity index is 1540. The van der Waals surface area contributed by atoms with Crippen molar-refractivity contribution in [1.29, 1.82) is 0 Å². The Morgan fingerprint density at radius 1 is 1.14 bits per heavy atom. The van der Waals surface area contributed by atoms with Gasteiger partial charge in [0.1, 0.15) is 11.5 Å². The number of halogens is 1. The van der Waals surface area contributed by atoms with Gasteiger partial charge in [0.15, 0.2) is 10.7 Å². The maximum atomic E-state index is 13.7. The second-order valence-electron chi connectivity index (χ2n) is 9.45. The molecule has 0 atom stereocenters. The molecule has 4 aromatic rings. The van der Waals surface area contributed by atoms with Crippen LogP contribution in [0.5, 0.6) is 0 Å². The van der Waals surface area contributed by atoms with Gasteiger partial charge >= 0.3 is 0 Å². The minimum atomic E-state index is -0.547. The molecule has 11 heteroatoms. The van der Waals surface area contributed by atoms with Gasteiger partial charge in [-0.3, -0.25) is 14.0 Å². The molecule has 0 saturated carbocycles. The van der Waals surface area contributed by atoms with Crippen LogP contribution < -0.4 is 5.56 Å². The lowest BCUT2D eigenvalue weighted by molar-refractivity contribution is -0.187. The van der Waals surface area contributed by atoms with Gasteiger partial charge in [0.25, 0.3) is 5.56 Å². The normalized spacial score (nSPS) is 17.2. The van der Waals surface area contributed by atoms with Crippen LogP contribution in [0, 0.1) is 19.7 Å². The van der Waals surface area contributed by atoms with E-state index in [-0.39, 0.29) is 23.7 Å². The van der Waals surface area contributed by atoms with Gasteiger partial charge in [0.2, 0.25) is 5.91 Å². The molecule has 5 heterocycles. The largest absolute Gasteiger partial charge is 0.347 e. The highest BCUT2D eigenvalue weighted by atomic mass is 32.1. The molecule has 0 N–H and O–H groups in total.